The van der Waals surface area contributed by atoms with Crippen LogP contribution in [0.3, 0.4) is 0 Å². The van der Waals surface area contributed by atoms with Crippen LogP contribution in [-0.4, -0.2) is 16.8 Å². The Morgan fingerprint density at radius 3 is 2.07 bits per heavy atom. The van der Waals surface area contributed by atoms with E-state index < -0.39 is 25.9 Å². The minimum Gasteiger partial charge on any atom is -0.280 e. The molecule has 0 amide bonds. The van der Waals surface area contributed by atoms with E-state index in [0.29, 0.717) is 16.3 Å². The van der Waals surface area contributed by atoms with Crippen LogP contribution in [0, 0.1) is 12.7 Å². The monoisotopic (exact) mass is 454 g/mol. The highest BCUT2D eigenvalue weighted by molar-refractivity contribution is 7.93. The second-order valence-electron chi connectivity index (χ2n) is 6.16. The Labute approximate surface area is 173 Å². The lowest BCUT2D eigenvalue weighted by Crippen LogP contribution is -2.16. The van der Waals surface area contributed by atoms with Gasteiger partial charge >= 0.3 is 0 Å². The molecule has 3 rings (SSSR count). The third-order valence-electron chi connectivity index (χ3n) is 3.93. The number of sulfonamides is 2. The van der Waals surface area contributed by atoms with Gasteiger partial charge in [-0.05, 0) is 67.1 Å². The Morgan fingerprint density at radius 2 is 1.41 bits per heavy atom. The zero-order valence-electron chi connectivity index (χ0n) is 15.1. The molecular weight excluding hydrogens is 439 g/mol. The lowest BCUT2D eigenvalue weighted by atomic mass is 10.2. The van der Waals surface area contributed by atoms with Gasteiger partial charge in [0.1, 0.15) is 5.82 Å². The first-order chi connectivity index (χ1) is 13.6. The molecule has 0 fully saturated rings. The van der Waals surface area contributed by atoms with Gasteiger partial charge in [0.2, 0.25) is 0 Å². The molecule has 0 saturated carbocycles. The maximum atomic E-state index is 13.4. The highest BCUT2D eigenvalue weighted by atomic mass is 35.5. The Morgan fingerprint density at radius 1 is 0.793 bits per heavy atom. The highest BCUT2D eigenvalue weighted by Crippen LogP contribution is 2.25. The van der Waals surface area contributed by atoms with Crippen molar-refractivity contribution in [3.05, 3.63) is 83.1 Å². The van der Waals surface area contributed by atoms with Crippen molar-refractivity contribution in [3.63, 3.8) is 0 Å². The normalized spacial score (nSPS) is 11.8. The molecule has 0 aromatic heterocycles. The fourth-order valence-corrected chi connectivity index (χ4v) is 5.07. The zero-order chi connectivity index (χ0) is 21.2. The quantitative estimate of drug-likeness (QED) is 0.577. The van der Waals surface area contributed by atoms with Gasteiger partial charge in [0.25, 0.3) is 20.0 Å². The third-order valence-corrected chi connectivity index (χ3v) is 7.09. The van der Waals surface area contributed by atoms with E-state index in [1.807, 2.05) is 0 Å². The molecule has 0 aliphatic heterocycles. The van der Waals surface area contributed by atoms with Crippen LogP contribution in [0.4, 0.5) is 15.8 Å². The molecule has 0 heterocycles. The molecule has 6 nitrogen and oxygen atoms in total. The molecule has 29 heavy (non-hydrogen) atoms. The van der Waals surface area contributed by atoms with Crippen molar-refractivity contribution >= 4 is 43.0 Å². The van der Waals surface area contributed by atoms with E-state index in [4.69, 9.17) is 11.6 Å². The third kappa shape index (κ3) is 5.06. The van der Waals surface area contributed by atoms with Crippen LogP contribution >= 0.6 is 11.6 Å². The van der Waals surface area contributed by atoms with Gasteiger partial charge in [0, 0.05) is 10.7 Å². The second kappa shape index (κ2) is 8.02. The largest absolute Gasteiger partial charge is 0.280 e. The average Bonchev–Trinajstić information content (AvgIpc) is 2.65. The lowest BCUT2D eigenvalue weighted by Gasteiger charge is -2.13. The van der Waals surface area contributed by atoms with Gasteiger partial charge in [-0.2, -0.15) is 0 Å². The molecule has 3 aromatic carbocycles. The lowest BCUT2D eigenvalue weighted by molar-refractivity contribution is 0.594. The molecule has 0 radical (unpaired) electrons. The fourth-order valence-electron chi connectivity index (χ4n) is 2.53. The van der Waals surface area contributed by atoms with Crippen molar-refractivity contribution < 1.29 is 21.2 Å². The van der Waals surface area contributed by atoms with Crippen molar-refractivity contribution in [3.8, 4) is 0 Å². The molecule has 0 saturated heterocycles. The first-order valence-electron chi connectivity index (χ1n) is 8.24. The first kappa shape index (κ1) is 21.1. The molecule has 2 N–H and O–H groups in total. The molecule has 0 spiro atoms. The summed E-state index contributed by atoms with van der Waals surface area (Å²) in [7, 11) is -8.09. The summed E-state index contributed by atoms with van der Waals surface area (Å²) in [5.41, 5.74) is 0.746. The van der Waals surface area contributed by atoms with Crippen LogP contribution < -0.4 is 9.44 Å². The minimum absolute atomic E-state index is 0.0244. The number of halogens is 2. The van der Waals surface area contributed by atoms with Crippen LogP contribution in [0.25, 0.3) is 0 Å². The topological polar surface area (TPSA) is 92.3 Å². The summed E-state index contributed by atoms with van der Waals surface area (Å²) >= 11 is 5.80. The first-order valence-corrected chi connectivity index (χ1v) is 11.6. The summed E-state index contributed by atoms with van der Waals surface area (Å²) in [6.45, 7) is 1.58. The molecule has 152 valence electrons. The molecule has 10 heteroatoms. The minimum atomic E-state index is -4.09. The molecule has 0 unspecified atom stereocenters. The molecule has 3 aromatic rings. The summed E-state index contributed by atoms with van der Waals surface area (Å²) in [6.07, 6.45) is 0. The Kier molecular flexibility index (Phi) is 5.83. The van der Waals surface area contributed by atoms with Crippen molar-refractivity contribution in [1.82, 2.24) is 0 Å². The molecule has 0 aliphatic carbocycles. The van der Waals surface area contributed by atoms with Crippen LogP contribution in [0.15, 0.2) is 76.5 Å². The summed E-state index contributed by atoms with van der Waals surface area (Å²) in [5, 5.41) is 0.456. The maximum Gasteiger partial charge on any atom is 0.262 e. The SMILES string of the molecule is Cc1ccc(NS(=O)(=O)c2cccc(F)c2)cc1S(=O)(=O)Nc1ccc(Cl)cc1. The second-order valence-corrected chi connectivity index (χ2v) is 9.93. The van der Waals surface area contributed by atoms with E-state index in [1.54, 1.807) is 6.92 Å². The van der Waals surface area contributed by atoms with E-state index >= 15 is 0 Å². The fraction of sp³-hybridized carbons (Fsp3) is 0.0526. The summed E-state index contributed by atoms with van der Waals surface area (Å²) < 4.78 is 68.5. The van der Waals surface area contributed by atoms with Gasteiger partial charge in [0.15, 0.2) is 0 Å². The highest BCUT2D eigenvalue weighted by Gasteiger charge is 2.20. The van der Waals surface area contributed by atoms with Gasteiger partial charge in [-0.3, -0.25) is 9.44 Å². The van der Waals surface area contributed by atoms with Crippen LogP contribution in [0.2, 0.25) is 5.02 Å². The summed E-state index contributed by atoms with van der Waals surface area (Å²) in [5.74, 6) is -0.702. The van der Waals surface area contributed by atoms with E-state index in [9.17, 15) is 21.2 Å². The number of rotatable bonds is 6. The molecule has 0 atom stereocenters. The smallest absolute Gasteiger partial charge is 0.262 e. The summed E-state index contributed by atoms with van der Waals surface area (Å²) in [6, 6.07) is 14.7. The number of hydrogen-bond acceptors (Lipinski definition) is 4. The number of hydrogen-bond donors (Lipinski definition) is 2. The van der Waals surface area contributed by atoms with Crippen LogP contribution in [0.1, 0.15) is 5.56 Å². The number of anilines is 2. The number of aryl methyl sites for hydroxylation is 1. The maximum absolute atomic E-state index is 13.4. The average molecular weight is 455 g/mol. The summed E-state index contributed by atoms with van der Waals surface area (Å²) in [4.78, 5) is -0.381. The number of nitrogens with one attached hydrogen (secondary N) is 2. The van der Waals surface area contributed by atoms with Crippen molar-refractivity contribution in [2.75, 3.05) is 9.44 Å². The Hall–Kier alpha value is -2.62. The van der Waals surface area contributed by atoms with Gasteiger partial charge < -0.3 is 0 Å². The van der Waals surface area contributed by atoms with E-state index in [-0.39, 0.29) is 15.5 Å². The predicted octanol–water partition coefficient (Wildman–Crippen LogP) is 4.39. The van der Waals surface area contributed by atoms with Crippen molar-refractivity contribution in [2.24, 2.45) is 0 Å². The molecule has 0 aliphatic rings. The van der Waals surface area contributed by atoms with Gasteiger partial charge in [0.05, 0.1) is 15.5 Å². The van der Waals surface area contributed by atoms with Crippen LogP contribution in [0.5, 0.6) is 0 Å². The van der Waals surface area contributed by atoms with Gasteiger partial charge in [-0.25, -0.2) is 21.2 Å². The van der Waals surface area contributed by atoms with E-state index in [1.165, 1.54) is 54.6 Å². The zero-order valence-corrected chi connectivity index (χ0v) is 17.4. The Bertz CT molecular complexity index is 1260. The van der Waals surface area contributed by atoms with Gasteiger partial charge in [-0.1, -0.05) is 23.7 Å². The standard InChI is InChI=1S/C19H16ClFN2O4S2/c1-13-5-8-17(23-28(24,25)18-4-2-3-15(21)11-18)12-19(13)29(26,27)22-16-9-6-14(20)7-10-16/h2-12,22-23H,1H3. The van der Waals surface area contributed by atoms with E-state index in [0.717, 1.165) is 12.1 Å². The van der Waals surface area contributed by atoms with Crippen LogP contribution in [-0.2, 0) is 20.0 Å². The van der Waals surface area contributed by atoms with Gasteiger partial charge in [-0.15, -0.1) is 0 Å². The molecular formula is C19H16ClFN2O4S2. The van der Waals surface area contributed by atoms with E-state index in [2.05, 4.69) is 9.44 Å². The Balaban J connectivity index is 1.92. The van der Waals surface area contributed by atoms with Crippen molar-refractivity contribution in [2.45, 2.75) is 16.7 Å². The van der Waals surface area contributed by atoms with Crippen molar-refractivity contribution in [1.29, 1.82) is 0 Å². The number of benzene rings is 3. The molecule has 0 bridgehead atoms. The predicted molar refractivity (Wildman–Crippen MR) is 111 cm³/mol.